The van der Waals surface area contributed by atoms with E-state index in [-0.39, 0.29) is 29.6 Å². The Morgan fingerprint density at radius 3 is 2.33 bits per heavy atom. The van der Waals surface area contributed by atoms with Gasteiger partial charge in [0.1, 0.15) is 6.04 Å². The van der Waals surface area contributed by atoms with E-state index in [9.17, 15) is 14.4 Å². The molecule has 0 aromatic carbocycles. The Balaban J connectivity index is 2.11. The summed E-state index contributed by atoms with van der Waals surface area (Å²) in [5.41, 5.74) is 0. The number of amides is 3. The normalized spacial score (nSPS) is 16.3. The SMILES string of the molecule is CCN(CC)C(=O)C(NC(=O)c1cccs1)C1CCN(C(=O)C(C)C)CC1. The fourth-order valence-electron chi connectivity index (χ4n) is 3.55. The lowest BCUT2D eigenvalue weighted by Crippen LogP contribution is -2.55. The van der Waals surface area contributed by atoms with Crippen LogP contribution in [0.2, 0.25) is 0 Å². The van der Waals surface area contributed by atoms with Crippen molar-refractivity contribution in [1.82, 2.24) is 15.1 Å². The van der Waals surface area contributed by atoms with E-state index in [1.54, 1.807) is 11.0 Å². The van der Waals surface area contributed by atoms with Gasteiger partial charge in [-0.05, 0) is 44.1 Å². The third kappa shape index (κ3) is 5.31. The molecule has 7 heteroatoms. The maximum atomic E-state index is 13.1. The quantitative estimate of drug-likeness (QED) is 0.774. The van der Waals surface area contributed by atoms with Crippen LogP contribution in [0.15, 0.2) is 17.5 Å². The Morgan fingerprint density at radius 2 is 1.85 bits per heavy atom. The van der Waals surface area contributed by atoms with Crippen LogP contribution in [0.5, 0.6) is 0 Å². The van der Waals surface area contributed by atoms with E-state index < -0.39 is 6.04 Å². The predicted molar refractivity (Wildman–Crippen MR) is 108 cm³/mol. The van der Waals surface area contributed by atoms with Crippen LogP contribution in [0.1, 0.15) is 50.2 Å². The fraction of sp³-hybridized carbons (Fsp3) is 0.650. The van der Waals surface area contributed by atoms with Gasteiger partial charge in [-0.25, -0.2) is 0 Å². The zero-order valence-electron chi connectivity index (χ0n) is 16.7. The molecular weight excluding hydrogens is 362 g/mol. The van der Waals surface area contributed by atoms with Crippen LogP contribution in [0.3, 0.4) is 0 Å². The van der Waals surface area contributed by atoms with Crippen molar-refractivity contribution >= 4 is 29.1 Å². The number of rotatable bonds is 7. The van der Waals surface area contributed by atoms with Crippen LogP contribution in [-0.2, 0) is 9.59 Å². The highest BCUT2D eigenvalue weighted by Gasteiger charge is 2.36. The minimum Gasteiger partial charge on any atom is -0.342 e. The second-order valence-corrected chi connectivity index (χ2v) is 8.20. The van der Waals surface area contributed by atoms with Gasteiger partial charge in [0.15, 0.2) is 0 Å². The molecule has 1 saturated heterocycles. The first-order chi connectivity index (χ1) is 12.9. The van der Waals surface area contributed by atoms with Crippen molar-refractivity contribution in [2.75, 3.05) is 26.2 Å². The first-order valence-electron chi connectivity index (χ1n) is 9.80. The Hall–Kier alpha value is -1.89. The van der Waals surface area contributed by atoms with Crippen LogP contribution < -0.4 is 5.32 Å². The predicted octanol–water partition coefficient (Wildman–Crippen LogP) is 2.61. The molecular formula is C20H31N3O3S. The molecule has 0 spiro atoms. The largest absolute Gasteiger partial charge is 0.342 e. The lowest BCUT2D eigenvalue weighted by Gasteiger charge is -2.38. The third-order valence-corrected chi connectivity index (χ3v) is 6.06. The number of piperidine rings is 1. The number of likely N-dealkylation sites (N-methyl/N-ethyl adjacent to an activating group) is 1. The van der Waals surface area contributed by atoms with Crippen LogP contribution in [-0.4, -0.2) is 59.7 Å². The number of likely N-dealkylation sites (tertiary alicyclic amines) is 1. The summed E-state index contributed by atoms with van der Waals surface area (Å²) in [6.07, 6.45) is 1.45. The van der Waals surface area contributed by atoms with Crippen LogP contribution >= 0.6 is 11.3 Å². The molecule has 1 atom stereocenters. The molecule has 1 aliphatic rings. The van der Waals surface area contributed by atoms with Gasteiger partial charge in [-0.15, -0.1) is 11.3 Å². The number of nitrogens with one attached hydrogen (secondary N) is 1. The number of carbonyl (C=O) groups excluding carboxylic acids is 3. The van der Waals surface area contributed by atoms with Gasteiger partial charge in [0.25, 0.3) is 5.91 Å². The number of nitrogens with zero attached hydrogens (tertiary/aromatic N) is 2. The number of hydrogen-bond acceptors (Lipinski definition) is 4. The van der Waals surface area contributed by atoms with Crippen molar-refractivity contribution in [2.45, 2.75) is 46.6 Å². The second-order valence-electron chi connectivity index (χ2n) is 7.26. The Bertz CT molecular complexity index is 633. The summed E-state index contributed by atoms with van der Waals surface area (Å²) in [5, 5.41) is 4.83. The highest BCUT2D eigenvalue weighted by Crippen LogP contribution is 2.24. The molecule has 0 bridgehead atoms. The molecule has 1 unspecified atom stereocenters. The summed E-state index contributed by atoms with van der Waals surface area (Å²) in [4.78, 5) is 42.1. The molecule has 2 rings (SSSR count). The third-order valence-electron chi connectivity index (χ3n) is 5.19. The molecule has 0 radical (unpaired) electrons. The molecule has 27 heavy (non-hydrogen) atoms. The molecule has 1 fully saturated rings. The lowest BCUT2D eigenvalue weighted by atomic mass is 9.88. The molecule has 1 aliphatic heterocycles. The molecule has 1 aromatic rings. The zero-order valence-corrected chi connectivity index (χ0v) is 17.6. The second kappa shape index (κ2) is 9.88. The summed E-state index contributed by atoms with van der Waals surface area (Å²) in [6, 6.07) is 3.05. The van der Waals surface area contributed by atoms with E-state index in [1.165, 1.54) is 11.3 Å². The van der Waals surface area contributed by atoms with Crippen LogP contribution in [0.4, 0.5) is 0 Å². The molecule has 2 heterocycles. The van der Waals surface area contributed by atoms with Crippen molar-refractivity contribution < 1.29 is 14.4 Å². The average molecular weight is 394 g/mol. The van der Waals surface area contributed by atoms with Gasteiger partial charge in [0.2, 0.25) is 11.8 Å². The maximum absolute atomic E-state index is 13.1. The number of carbonyl (C=O) groups is 3. The summed E-state index contributed by atoms with van der Waals surface area (Å²) in [5.74, 6) is -0.0520. The molecule has 1 aromatic heterocycles. The topological polar surface area (TPSA) is 69.7 Å². The Kier molecular flexibility index (Phi) is 7.83. The van der Waals surface area contributed by atoms with Crippen LogP contribution in [0.25, 0.3) is 0 Å². The van der Waals surface area contributed by atoms with Gasteiger partial charge in [-0.2, -0.15) is 0 Å². The molecule has 0 aliphatic carbocycles. The van der Waals surface area contributed by atoms with Gasteiger partial charge in [0, 0.05) is 32.1 Å². The number of thiophene rings is 1. The molecule has 0 saturated carbocycles. The van der Waals surface area contributed by atoms with Gasteiger partial charge in [0.05, 0.1) is 4.88 Å². The van der Waals surface area contributed by atoms with Crippen molar-refractivity contribution in [3.63, 3.8) is 0 Å². The van der Waals surface area contributed by atoms with Crippen molar-refractivity contribution in [3.05, 3.63) is 22.4 Å². The van der Waals surface area contributed by atoms with Gasteiger partial charge in [-0.3, -0.25) is 14.4 Å². The first kappa shape index (κ1) is 21.4. The Labute approximate surface area is 165 Å². The summed E-state index contributed by atoms with van der Waals surface area (Å²) in [6.45, 7) is 10.2. The van der Waals surface area contributed by atoms with Crippen molar-refractivity contribution in [3.8, 4) is 0 Å². The standard InChI is InChI=1S/C20H31N3O3S/c1-5-22(6-2)20(26)17(21-18(24)16-8-7-13-27-16)15-9-11-23(12-10-15)19(25)14(3)4/h7-8,13-15,17H,5-6,9-12H2,1-4H3,(H,21,24). The Morgan fingerprint density at radius 1 is 1.22 bits per heavy atom. The summed E-state index contributed by atoms with van der Waals surface area (Å²) >= 11 is 1.37. The van der Waals surface area contributed by atoms with Crippen molar-refractivity contribution in [2.24, 2.45) is 11.8 Å². The smallest absolute Gasteiger partial charge is 0.262 e. The molecule has 3 amide bonds. The monoisotopic (exact) mass is 393 g/mol. The van der Waals surface area contributed by atoms with Gasteiger partial charge >= 0.3 is 0 Å². The highest BCUT2D eigenvalue weighted by molar-refractivity contribution is 7.12. The van der Waals surface area contributed by atoms with E-state index in [4.69, 9.17) is 0 Å². The van der Waals surface area contributed by atoms with E-state index in [0.717, 1.165) is 12.8 Å². The maximum Gasteiger partial charge on any atom is 0.262 e. The molecule has 1 N–H and O–H groups in total. The summed E-state index contributed by atoms with van der Waals surface area (Å²) in [7, 11) is 0. The van der Waals surface area contributed by atoms with Crippen LogP contribution in [0, 0.1) is 11.8 Å². The number of hydrogen-bond donors (Lipinski definition) is 1. The van der Waals surface area contributed by atoms with E-state index in [0.29, 0.717) is 31.1 Å². The minimum absolute atomic E-state index is 0.0202. The first-order valence-corrected chi connectivity index (χ1v) is 10.7. The van der Waals surface area contributed by atoms with E-state index in [2.05, 4.69) is 5.32 Å². The summed E-state index contributed by atoms with van der Waals surface area (Å²) < 4.78 is 0. The average Bonchev–Trinajstić information content (AvgIpc) is 3.21. The van der Waals surface area contributed by atoms with Gasteiger partial charge < -0.3 is 15.1 Å². The minimum atomic E-state index is -0.546. The van der Waals surface area contributed by atoms with Crippen molar-refractivity contribution in [1.29, 1.82) is 0 Å². The fourth-order valence-corrected chi connectivity index (χ4v) is 4.18. The zero-order chi connectivity index (χ0) is 20.0. The lowest BCUT2D eigenvalue weighted by molar-refractivity contribution is -0.137. The van der Waals surface area contributed by atoms with E-state index >= 15 is 0 Å². The highest BCUT2D eigenvalue weighted by atomic mass is 32.1. The van der Waals surface area contributed by atoms with Gasteiger partial charge in [-0.1, -0.05) is 19.9 Å². The molecule has 6 nitrogen and oxygen atoms in total. The van der Waals surface area contributed by atoms with E-state index in [1.807, 2.05) is 44.0 Å². The molecule has 150 valence electrons.